The van der Waals surface area contributed by atoms with Crippen molar-refractivity contribution in [2.45, 2.75) is 44.9 Å². The van der Waals surface area contributed by atoms with E-state index in [1.807, 2.05) is 0 Å². The summed E-state index contributed by atoms with van der Waals surface area (Å²) in [6.45, 7) is 9.07. The molecule has 0 saturated carbocycles. The molecule has 2 heteroatoms. The Morgan fingerprint density at radius 1 is 0.739 bits per heavy atom. The lowest BCUT2D eigenvalue weighted by Crippen LogP contribution is -2.29. The van der Waals surface area contributed by atoms with E-state index in [4.69, 9.17) is 0 Å². The van der Waals surface area contributed by atoms with E-state index in [9.17, 15) is 0 Å². The monoisotopic (exact) mass is 434 g/mol. The summed E-state index contributed by atoms with van der Waals surface area (Å²) in [6, 6.07) is 14.1. The van der Waals surface area contributed by atoms with Crippen LogP contribution in [0.1, 0.15) is 61.8 Å². The van der Waals surface area contributed by atoms with E-state index in [0.29, 0.717) is 11.8 Å². The number of hydrogen-bond donors (Lipinski definition) is 0. The molecule has 1 aliphatic rings. The van der Waals surface area contributed by atoms with Gasteiger partial charge >= 0.3 is 0 Å². The molecule has 0 saturated heterocycles. The fraction of sp³-hybridized carbons (Fsp3) is 0.429. The quantitative estimate of drug-likeness (QED) is 0.454. The highest BCUT2D eigenvalue weighted by Crippen LogP contribution is 2.52. The van der Waals surface area contributed by atoms with Gasteiger partial charge in [0, 0.05) is 16.1 Å². The van der Waals surface area contributed by atoms with Crippen molar-refractivity contribution in [2.24, 2.45) is 0 Å². The molecule has 0 heterocycles. The van der Waals surface area contributed by atoms with Gasteiger partial charge in [0.15, 0.2) is 0 Å². The van der Waals surface area contributed by atoms with Crippen molar-refractivity contribution < 1.29 is 0 Å². The van der Waals surface area contributed by atoms with Crippen LogP contribution in [-0.4, -0.2) is 10.7 Å². The van der Waals surface area contributed by atoms with Crippen molar-refractivity contribution in [1.29, 1.82) is 0 Å². The zero-order valence-electron chi connectivity index (χ0n) is 14.3. The van der Waals surface area contributed by atoms with E-state index < -0.39 is 0 Å². The summed E-state index contributed by atoms with van der Waals surface area (Å²) in [5.74, 6) is 1.11. The number of hydrogen-bond acceptors (Lipinski definition) is 0. The van der Waals surface area contributed by atoms with E-state index in [0.717, 1.165) is 10.7 Å². The second-order valence-electron chi connectivity index (χ2n) is 7.27. The fourth-order valence-corrected chi connectivity index (χ4v) is 5.71. The summed E-state index contributed by atoms with van der Waals surface area (Å²) >= 11 is 7.65. The van der Waals surface area contributed by atoms with Crippen LogP contribution in [0.25, 0.3) is 11.1 Å². The van der Waals surface area contributed by atoms with Crippen LogP contribution in [0.5, 0.6) is 0 Å². The van der Waals surface area contributed by atoms with Crippen molar-refractivity contribution in [1.82, 2.24) is 0 Å². The molecule has 0 spiro atoms. The Labute approximate surface area is 157 Å². The Balaban J connectivity index is 2.28. The van der Waals surface area contributed by atoms with Crippen LogP contribution < -0.4 is 0 Å². The number of alkyl halides is 2. The minimum absolute atomic E-state index is 0.0282. The Morgan fingerprint density at radius 2 is 1.13 bits per heavy atom. The molecule has 23 heavy (non-hydrogen) atoms. The van der Waals surface area contributed by atoms with Crippen LogP contribution in [0.15, 0.2) is 36.4 Å². The van der Waals surface area contributed by atoms with E-state index in [1.54, 1.807) is 0 Å². The van der Waals surface area contributed by atoms with Gasteiger partial charge < -0.3 is 0 Å². The lowest BCUT2D eigenvalue weighted by atomic mass is 9.80. The van der Waals surface area contributed by atoms with Gasteiger partial charge in [-0.25, -0.2) is 0 Å². The minimum atomic E-state index is 0.0282. The predicted molar refractivity (Wildman–Crippen MR) is 108 cm³/mol. The summed E-state index contributed by atoms with van der Waals surface area (Å²) in [5, 5.41) is 1.88. The molecule has 0 fully saturated rings. The van der Waals surface area contributed by atoms with E-state index in [1.165, 1.54) is 33.4 Å². The second kappa shape index (κ2) is 6.37. The van der Waals surface area contributed by atoms with E-state index >= 15 is 0 Å². The van der Waals surface area contributed by atoms with Crippen molar-refractivity contribution in [3.63, 3.8) is 0 Å². The number of halogens is 2. The third kappa shape index (κ3) is 2.62. The number of benzene rings is 2. The van der Waals surface area contributed by atoms with Gasteiger partial charge in [-0.2, -0.15) is 0 Å². The van der Waals surface area contributed by atoms with Crippen LogP contribution in [0.2, 0.25) is 0 Å². The molecule has 122 valence electrons. The van der Waals surface area contributed by atoms with Gasteiger partial charge in [-0.3, -0.25) is 0 Å². The summed E-state index contributed by atoms with van der Waals surface area (Å²) in [7, 11) is 0. The molecular weight excluding hydrogens is 412 g/mol. The van der Waals surface area contributed by atoms with Gasteiger partial charge in [0.1, 0.15) is 0 Å². The highest BCUT2D eigenvalue weighted by molar-refractivity contribution is 9.09. The molecule has 0 unspecified atom stereocenters. The van der Waals surface area contributed by atoms with E-state index in [-0.39, 0.29) is 5.41 Å². The second-order valence-corrected chi connectivity index (χ2v) is 8.39. The van der Waals surface area contributed by atoms with Crippen LogP contribution >= 0.6 is 31.9 Å². The highest BCUT2D eigenvalue weighted by atomic mass is 79.9. The number of rotatable bonds is 4. The van der Waals surface area contributed by atoms with Crippen molar-refractivity contribution in [3.8, 4) is 11.1 Å². The molecule has 0 nitrogen and oxygen atoms in total. The van der Waals surface area contributed by atoms with Gasteiger partial charge in [0.2, 0.25) is 0 Å². The van der Waals surface area contributed by atoms with Crippen molar-refractivity contribution >= 4 is 31.9 Å². The number of fused-ring (bicyclic) bond motifs is 3. The maximum absolute atomic E-state index is 3.83. The average molecular weight is 436 g/mol. The molecule has 0 aromatic heterocycles. The SMILES string of the molecule is CC(C)c1ccc2c(c1)C(CBr)(CBr)c1cc(C(C)C)ccc1-2. The molecule has 2 aromatic rings. The van der Waals surface area contributed by atoms with Gasteiger partial charge in [0.25, 0.3) is 0 Å². The molecule has 0 aliphatic heterocycles. The topological polar surface area (TPSA) is 0 Å². The largest absolute Gasteiger partial charge is 0.0914 e. The molecule has 0 N–H and O–H groups in total. The third-order valence-corrected chi connectivity index (χ3v) is 7.11. The lowest BCUT2D eigenvalue weighted by molar-refractivity contribution is 0.690. The first kappa shape index (κ1) is 17.2. The Morgan fingerprint density at radius 3 is 1.43 bits per heavy atom. The average Bonchev–Trinajstić information content (AvgIpc) is 2.83. The maximum Gasteiger partial charge on any atom is 0.0408 e. The van der Waals surface area contributed by atoms with Crippen LogP contribution in [0.4, 0.5) is 0 Å². The molecule has 0 bridgehead atoms. The molecule has 3 rings (SSSR count). The molecular formula is C21H24Br2. The molecule has 1 aliphatic carbocycles. The summed E-state index contributed by atoms with van der Waals surface area (Å²) < 4.78 is 0. The zero-order valence-corrected chi connectivity index (χ0v) is 17.5. The van der Waals surface area contributed by atoms with E-state index in [2.05, 4.69) is 96.0 Å². The Kier molecular flexibility index (Phi) is 4.77. The zero-order chi connectivity index (χ0) is 16.8. The molecule has 2 aromatic carbocycles. The normalized spacial score (nSPS) is 15.1. The first-order chi connectivity index (χ1) is 10.9. The predicted octanol–water partition coefficient (Wildman–Crippen LogP) is 6.99. The van der Waals surface area contributed by atoms with Gasteiger partial charge in [-0.1, -0.05) is 96.0 Å². The Bertz CT molecular complexity index is 665. The first-order valence-electron chi connectivity index (χ1n) is 8.35. The first-order valence-corrected chi connectivity index (χ1v) is 10.6. The third-order valence-electron chi connectivity index (χ3n) is 5.20. The highest BCUT2D eigenvalue weighted by Gasteiger charge is 2.42. The summed E-state index contributed by atoms with van der Waals surface area (Å²) in [4.78, 5) is 0. The summed E-state index contributed by atoms with van der Waals surface area (Å²) in [5.41, 5.74) is 8.61. The van der Waals surface area contributed by atoms with Gasteiger partial charge in [-0.15, -0.1) is 0 Å². The standard InChI is InChI=1S/C21H24Br2/c1-13(2)15-5-7-17-18-8-6-16(14(3)4)10-20(18)21(11-22,12-23)19(17)9-15/h5-10,13-14H,11-12H2,1-4H3. The van der Waals surface area contributed by atoms with Crippen LogP contribution in [0.3, 0.4) is 0 Å². The lowest BCUT2D eigenvalue weighted by Gasteiger charge is -2.29. The van der Waals surface area contributed by atoms with Gasteiger partial charge in [0.05, 0.1) is 0 Å². The van der Waals surface area contributed by atoms with Crippen LogP contribution in [0, 0.1) is 0 Å². The molecule has 0 radical (unpaired) electrons. The fourth-order valence-electron chi connectivity index (χ4n) is 3.57. The van der Waals surface area contributed by atoms with Crippen molar-refractivity contribution in [3.05, 3.63) is 58.7 Å². The maximum atomic E-state index is 3.83. The van der Waals surface area contributed by atoms with Crippen molar-refractivity contribution in [2.75, 3.05) is 10.7 Å². The van der Waals surface area contributed by atoms with Crippen LogP contribution in [-0.2, 0) is 5.41 Å². The molecule has 0 amide bonds. The Hall–Kier alpha value is -0.600. The smallest absolute Gasteiger partial charge is 0.0408 e. The minimum Gasteiger partial charge on any atom is -0.0914 e. The van der Waals surface area contributed by atoms with Gasteiger partial charge in [-0.05, 0) is 45.2 Å². The molecule has 0 atom stereocenters. The summed E-state index contributed by atoms with van der Waals surface area (Å²) in [6.07, 6.45) is 0.